The van der Waals surface area contributed by atoms with Gasteiger partial charge < -0.3 is 5.11 Å². The van der Waals surface area contributed by atoms with Gasteiger partial charge in [-0.1, -0.05) is 13.3 Å². The molecule has 1 aromatic rings. The lowest BCUT2D eigenvalue weighted by Gasteiger charge is -1.99. The van der Waals surface area contributed by atoms with Crippen LogP contribution in [0.3, 0.4) is 0 Å². The van der Waals surface area contributed by atoms with Crippen LogP contribution in [0.15, 0.2) is 6.20 Å². The lowest BCUT2D eigenvalue weighted by atomic mass is 10.2. The van der Waals surface area contributed by atoms with Crippen molar-refractivity contribution in [3.05, 3.63) is 17.7 Å². The third-order valence-corrected chi connectivity index (χ3v) is 1.72. The molecule has 0 aliphatic carbocycles. The van der Waals surface area contributed by atoms with Crippen molar-refractivity contribution in [2.75, 3.05) is 6.61 Å². The van der Waals surface area contributed by atoms with E-state index in [2.05, 4.69) is 22.1 Å². The highest BCUT2D eigenvalue weighted by Crippen LogP contribution is 1.99. The number of nitrogens with zero attached hydrogens (tertiary/aromatic N) is 3. The fourth-order valence-corrected chi connectivity index (χ4v) is 1.10. The standard InChI is InChI=1S/C9H15N3O/c1-2-4-8-7-10-12-9(11-8)5-3-6-13/h7,13H,2-6H2,1H3. The van der Waals surface area contributed by atoms with Crippen LogP contribution in [-0.2, 0) is 12.8 Å². The molecule has 0 fully saturated rings. The van der Waals surface area contributed by atoms with Crippen molar-refractivity contribution in [3.63, 3.8) is 0 Å². The average Bonchev–Trinajstić information content (AvgIpc) is 2.16. The summed E-state index contributed by atoms with van der Waals surface area (Å²) in [6.45, 7) is 2.29. The van der Waals surface area contributed by atoms with Crippen LogP contribution >= 0.6 is 0 Å². The van der Waals surface area contributed by atoms with Crippen molar-refractivity contribution in [2.24, 2.45) is 0 Å². The zero-order valence-corrected chi connectivity index (χ0v) is 7.90. The summed E-state index contributed by atoms with van der Waals surface area (Å²) in [5.74, 6) is 0.736. The molecule has 0 unspecified atom stereocenters. The molecule has 1 rings (SSSR count). The molecule has 0 spiro atoms. The van der Waals surface area contributed by atoms with E-state index in [4.69, 9.17) is 5.11 Å². The van der Waals surface area contributed by atoms with Crippen molar-refractivity contribution >= 4 is 0 Å². The molecular weight excluding hydrogens is 166 g/mol. The van der Waals surface area contributed by atoms with E-state index in [1.807, 2.05) is 0 Å². The van der Waals surface area contributed by atoms with Gasteiger partial charge in [0.25, 0.3) is 0 Å². The number of hydrogen-bond acceptors (Lipinski definition) is 4. The minimum absolute atomic E-state index is 0.182. The van der Waals surface area contributed by atoms with Gasteiger partial charge in [-0.05, 0) is 12.8 Å². The van der Waals surface area contributed by atoms with Gasteiger partial charge in [0, 0.05) is 13.0 Å². The Balaban J connectivity index is 2.56. The highest BCUT2D eigenvalue weighted by Gasteiger charge is 1.99. The van der Waals surface area contributed by atoms with Crippen LogP contribution < -0.4 is 0 Å². The largest absolute Gasteiger partial charge is 0.396 e. The second-order valence-corrected chi connectivity index (χ2v) is 2.94. The highest BCUT2D eigenvalue weighted by atomic mass is 16.2. The highest BCUT2D eigenvalue weighted by molar-refractivity contribution is 4.96. The maximum absolute atomic E-state index is 8.62. The van der Waals surface area contributed by atoms with Gasteiger partial charge in [-0.3, -0.25) is 0 Å². The Morgan fingerprint density at radius 1 is 1.38 bits per heavy atom. The van der Waals surface area contributed by atoms with Gasteiger partial charge in [0.2, 0.25) is 0 Å². The normalized spacial score (nSPS) is 10.3. The van der Waals surface area contributed by atoms with E-state index in [1.165, 1.54) is 0 Å². The van der Waals surface area contributed by atoms with Crippen LogP contribution in [0.25, 0.3) is 0 Å². The predicted molar refractivity (Wildman–Crippen MR) is 49.2 cm³/mol. The minimum atomic E-state index is 0.182. The number of hydrogen-bond donors (Lipinski definition) is 1. The molecule has 0 saturated carbocycles. The Hall–Kier alpha value is -1.03. The summed E-state index contributed by atoms with van der Waals surface area (Å²) in [5, 5.41) is 16.4. The molecule has 72 valence electrons. The van der Waals surface area contributed by atoms with Gasteiger partial charge in [0.05, 0.1) is 11.9 Å². The molecule has 0 aliphatic heterocycles. The van der Waals surface area contributed by atoms with Crippen molar-refractivity contribution in [1.29, 1.82) is 0 Å². The first-order valence-corrected chi connectivity index (χ1v) is 4.65. The average molecular weight is 181 g/mol. The number of aliphatic hydroxyl groups excluding tert-OH is 1. The van der Waals surface area contributed by atoms with Crippen molar-refractivity contribution in [1.82, 2.24) is 15.2 Å². The SMILES string of the molecule is CCCc1cnnc(CCCO)n1. The van der Waals surface area contributed by atoms with Gasteiger partial charge >= 0.3 is 0 Å². The zero-order chi connectivity index (χ0) is 9.52. The molecule has 1 N–H and O–H groups in total. The first kappa shape index (κ1) is 10.1. The van der Waals surface area contributed by atoms with Crippen molar-refractivity contribution in [2.45, 2.75) is 32.6 Å². The third kappa shape index (κ3) is 3.46. The van der Waals surface area contributed by atoms with Gasteiger partial charge in [-0.25, -0.2) is 4.98 Å². The second kappa shape index (κ2) is 5.59. The topological polar surface area (TPSA) is 58.9 Å². The molecule has 4 nitrogen and oxygen atoms in total. The van der Waals surface area contributed by atoms with E-state index in [-0.39, 0.29) is 6.61 Å². The molecule has 0 aliphatic rings. The molecule has 1 heterocycles. The smallest absolute Gasteiger partial charge is 0.151 e. The van der Waals surface area contributed by atoms with Crippen molar-refractivity contribution < 1.29 is 5.11 Å². The molecular formula is C9H15N3O. The van der Waals surface area contributed by atoms with Gasteiger partial charge in [-0.15, -0.1) is 5.10 Å². The molecule has 0 amide bonds. The summed E-state index contributed by atoms with van der Waals surface area (Å²) in [7, 11) is 0. The van der Waals surface area contributed by atoms with Crippen LogP contribution in [0.5, 0.6) is 0 Å². The van der Waals surface area contributed by atoms with Crippen LogP contribution in [-0.4, -0.2) is 26.9 Å². The molecule has 4 heteroatoms. The maximum atomic E-state index is 8.62. The zero-order valence-electron chi connectivity index (χ0n) is 7.90. The summed E-state index contributed by atoms with van der Waals surface area (Å²) < 4.78 is 0. The lowest BCUT2D eigenvalue weighted by Crippen LogP contribution is -2.02. The number of aliphatic hydroxyl groups is 1. The molecule has 0 radical (unpaired) electrons. The number of aryl methyl sites for hydroxylation is 2. The fraction of sp³-hybridized carbons (Fsp3) is 0.667. The number of aromatic nitrogens is 3. The first-order valence-electron chi connectivity index (χ1n) is 4.65. The summed E-state index contributed by atoms with van der Waals surface area (Å²) in [6.07, 6.45) is 5.13. The quantitative estimate of drug-likeness (QED) is 0.728. The molecule has 0 saturated heterocycles. The molecule has 1 aromatic heterocycles. The second-order valence-electron chi connectivity index (χ2n) is 2.94. The minimum Gasteiger partial charge on any atom is -0.396 e. The van der Waals surface area contributed by atoms with E-state index in [1.54, 1.807) is 6.20 Å². The van der Waals surface area contributed by atoms with E-state index in [0.29, 0.717) is 12.8 Å². The lowest BCUT2D eigenvalue weighted by molar-refractivity contribution is 0.287. The Bertz CT molecular complexity index is 252. The summed E-state index contributed by atoms with van der Waals surface area (Å²) >= 11 is 0. The first-order chi connectivity index (χ1) is 6.36. The van der Waals surface area contributed by atoms with Crippen LogP contribution in [0.4, 0.5) is 0 Å². The molecule has 0 aromatic carbocycles. The molecule has 0 bridgehead atoms. The molecule has 0 atom stereocenters. The van der Waals surface area contributed by atoms with Gasteiger partial charge in [0.15, 0.2) is 5.82 Å². The summed E-state index contributed by atoms with van der Waals surface area (Å²) in [6, 6.07) is 0. The van der Waals surface area contributed by atoms with E-state index < -0.39 is 0 Å². The van der Waals surface area contributed by atoms with E-state index in [0.717, 1.165) is 24.4 Å². The Morgan fingerprint density at radius 2 is 2.23 bits per heavy atom. The van der Waals surface area contributed by atoms with Gasteiger partial charge in [-0.2, -0.15) is 5.10 Å². The Kier molecular flexibility index (Phi) is 4.32. The summed E-state index contributed by atoms with van der Waals surface area (Å²) in [4.78, 5) is 4.32. The van der Waals surface area contributed by atoms with Crippen molar-refractivity contribution in [3.8, 4) is 0 Å². The Morgan fingerprint density at radius 3 is 2.92 bits per heavy atom. The number of rotatable bonds is 5. The van der Waals surface area contributed by atoms with Crippen LogP contribution in [0, 0.1) is 0 Å². The fourth-order valence-electron chi connectivity index (χ4n) is 1.10. The van der Waals surface area contributed by atoms with Gasteiger partial charge in [0.1, 0.15) is 0 Å². The maximum Gasteiger partial charge on any atom is 0.151 e. The van der Waals surface area contributed by atoms with Crippen LogP contribution in [0.1, 0.15) is 31.3 Å². The van der Waals surface area contributed by atoms with E-state index in [9.17, 15) is 0 Å². The Labute approximate surface area is 78.0 Å². The molecule has 13 heavy (non-hydrogen) atoms. The van der Waals surface area contributed by atoms with E-state index >= 15 is 0 Å². The monoisotopic (exact) mass is 181 g/mol. The summed E-state index contributed by atoms with van der Waals surface area (Å²) in [5.41, 5.74) is 0.991. The van der Waals surface area contributed by atoms with Crippen LogP contribution in [0.2, 0.25) is 0 Å². The predicted octanol–water partition coefficient (Wildman–Crippen LogP) is 0.749. The third-order valence-electron chi connectivity index (χ3n) is 1.72.